The molecule has 0 aliphatic heterocycles. The normalized spacial score (nSPS) is 12.9. The number of thiophene rings is 1. The molecular formula is C14H25NS. The molecule has 1 aromatic rings. The molecule has 16 heavy (non-hydrogen) atoms. The highest BCUT2D eigenvalue weighted by Gasteiger charge is 2.07. The average molecular weight is 239 g/mol. The first-order valence-corrected chi connectivity index (χ1v) is 7.47. The fourth-order valence-corrected chi connectivity index (χ4v) is 2.77. The molecule has 0 aliphatic rings. The Morgan fingerprint density at radius 3 is 2.75 bits per heavy atom. The maximum atomic E-state index is 3.55. The van der Waals surface area contributed by atoms with Crippen LogP contribution < -0.4 is 5.32 Å². The monoisotopic (exact) mass is 239 g/mol. The van der Waals surface area contributed by atoms with Crippen LogP contribution in [0, 0.1) is 5.92 Å². The molecule has 1 unspecified atom stereocenters. The smallest absolute Gasteiger partial charge is 0.00453 e. The van der Waals surface area contributed by atoms with Gasteiger partial charge in [-0.15, -0.1) is 11.3 Å². The number of aryl methyl sites for hydroxylation is 1. The minimum atomic E-state index is 0.860. The predicted octanol–water partition coefficient (Wildman–Crippen LogP) is 4.10. The van der Waals surface area contributed by atoms with E-state index in [0.717, 1.165) is 5.92 Å². The van der Waals surface area contributed by atoms with Crippen molar-refractivity contribution in [3.63, 3.8) is 0 Å². The van der Waals surface area contributed by atoms with Crippen molar-refractivity contribution in [1.82, 2.24) is 5.32 Å². The Balaban J connectivity index is 2.21. The molecule has 2 heteroatoms. The first-order valence-electron chi connectivity index (χ1n) is 6.59. The third-order valence-electron chi connectivity index (χ3n) is 2.94. The second kappa shape index (κ2) is 8.77. The van der Waals surface area contributed by atoms with Gasteiger partial charge in [0.1, 0.15) is 0 Å². The second-order valence-corrected chi connectivity index (χ2v) is 5.51. The zero-order chi connectivity index (χ0) is 11.6. The van der Waals surface area contributed by atoms with E-state index in [9.17, 15) is 0 Å². The van der Waals surface area contributed by atoms with Crippen LogP contribution in [0.1, 0.15) is 44.4 Å². The lowest BCUT2D eigenvalue weighted by atomic mass is 9.97. The third-order valence-corrected chi connectivity index (χ3v) is 3.87. The third kappa shape index (κ3) is 5.66. The first-order chi connectivity index (χ1) is 7.86. The van der Waals surface area contributed by atoms with Crippen LogP contribution in [0.2, 0.25) is 0 Å². The molecule has 92 valence electrons. The van der Waals surface area contributed by atoms with Gasteiger partial charge in [-0.25, -0.2) is 0 Å². The molecule has 1 aromatic heterocycles. The highest BCUT2D eigenvalue weighted by atomic mass is 32.1. The summed E-state index contributed by atoms with van der Waals surface area (Å²) in [7, 11) is 0. The quantitative estimate of drug-likeness (QED) is 0.640. The van der Waals surface area contributed by atoms with Crippen molar-refractivity contribution < 1.29 is 0 Å². The fraction of sp³-hybridized carbons (Fsp3) is 0.714. The van der Waals surface area contributed by atoms with Crippen molar-refractivity contribution in [1.29, 1.82) is 0 Å². The molecular weight excluding hydrogens is 214 g/mol. The Morgan fingerprint density at radius 2 is 2.12 bits per heavy atom. The van der Waals surface area contributed by atoms with Crippen molar-refractivity contribution in [3.8, 4) is 0 Å². The standard InChI is InChI=1S/C14H25NS/c1-3-6-13(12-15-10-4-2)8-9-14-7-5-11-16-14/h5,7,11,13,15H,3-4,6,8-10,12H2,1-2H3. The molecule has 0 aromatic carbocycles. The molecule has 0 saturated heterocycles. The van der Waals surface area contributed by atoms with Crippen LogP contribution in [0.15, 0.2) is 17.5 Å². The lowest BCUT2D eigenvalue weighted by Crippen LogP contribution is -2.23. The minimum Gasteiger partial charge on any atom is -0.316 e. The van der Waals surface area contributed by atoms with Crippen molar-refractivity contribution in [2.24, 2.45) is 5.92 Å². The highest BCUT2D eigenvalue weighted by Crippen LogP contribution is 2.17. The SMILES string of the molecule is CCCNCC(CCC)CCc1cccs1. The zero-order valence-electron chi connectivity index (χ0n) is 10.7. The van der Waals surface area contributed by atoms with Gasteiger partial charge in [0.2, 0.25) is 0 Å². The van der Waals surface area contributed by atoms with E-state index in [2.05, 4.69) is 36.7 Å². The van der Waals surface area contributed by atoms with Gasteiger partial charge in [0.05, 0.1) is 0 Å². The summed E-state index contributed by atoms with van der Waals surface area (Å²) < 4.78 is 0. The maximum Gasteiger partial charge on any atom is 0.00453 e. The van der Waals surface area contributed by atoms with Crippen LogP contribution in [0.3, 0.4) is 0 Å². The molecule has 1 atom stereocenters. The lowest BCUT2D eigenvalue weighted by Gasteiger charge is -2.16. The van der Waals surface area contributed by atoms with Crippen LogP contribution in [-0.2, 0) is 6.42 Å². The van der Waals surface area contributed by atoms with Gasteiger partial charge in [-0.3, -0.25) is 0 Å². The van der Waals surface area contributed by atoms with Gasteiger partial charge in [0.15, 0.2) is 0 Å². The van der Waals surface area contributed by atoms with Gasteiger partial charge < -0.3 is 5.32 Å². The van der Waals surface area contributed by atoms with E-state index in [-0.39, 0.29) is 0 Å². The molecule has 1 rings (SSSR count). The summed E-state index contributed by atoms with van der Waals surface area (Å²) in [6, 6.07) is 4.41. The van der Waals surface area contributed by atoms with Gasteiger partial charge in [0.25, 0.3) is 0 Å². The molecule has 0 bridgehead atoms. The van der Waals surface area contributed by atoms with Crippen LogP contribution in [-0.4, -0.2) is 13.1 Å². The zero-order valence-corrected chi connectivity index (χ0v) is 11.5. The number of rotatable bonds is 9. The largest absolute Gasteiger partial charge is 0.316 e. The van der Waals surface area contributed by atoms with E-state index < -0.39 is 0 Å². The van der Waals surface area contributed by atoms with Crippen molar-refractivity contribution in [2.45, 2.75) is 46.0 Å². The Bertz CT molecular complexity index is 243. The molecule has 0 spiro atoms. The second-order valence-electron chi connectivity index (χ2n) is 4.48. The highest BCUT2D eigenvalue weighted by molar-refractivity contribution is 7.09. The van der Waals surface area contributed by atoms with Crippen molar-refractivity contribution in [2.75, 3.05) is 13.1 Å². The van der Waals surface area contributed by atoms with Gasteiger partial charge >= 0.3 is 0 Å². The Kier molecular flexibility index (Phi) is 7.52. The topological polar surface area (TPSA) is 12.0 Å². The van der Waals surface area contributed by atoms with Crippen molar-refractivity contribution >= 4 is 11.3 Å². The Morgan fingerprint density at radius 1 is 1.25 bits per heavy atom. The van der Waals surface area contributed by atoms with Gasteiger partial charge in [-0.05, 0) is 56.1 Å². The molecule has 0 amide bonds. The molecule has 0 saturated carbocycles. The maximum absolute atomic E-state index is 3.55. The van der Waals surface area contributed by atoms with Gasteiger partial charge in [-0.2, -0.15) is 0 Å². The summed E-state index contributed by atoms with van der Waals surface area (Å²) in [5.74, 6) is 0.860. The van der Waals surface area contributed by atoms with Crippen LogP contribution in [0.4, 0.5) is 0 Å². The summed E-state index contributed by atoms with van der Waals surface area (Å²) in [6.45, 7) is 6.89. The fourth-order valence-electron chi connectivity index (χ4n) is 2.04. The first kappa shape index (κ1) is 13.7. The van der Waals surface area contributed by atoms with E-state index in [4.69, 9.17) is 0 Å². The van der Waals surface area contributed by atoms with E-state index >= 15 is 0 Å². The minimum absolute atomic E-state index is 0.860. The number of nitrogens with one attached hydrogen (secondary N) is 1. The molecule has 0 radical (unpaired) electrons. The molecule has 1 N–H and O–H groups in total. The number of hydrogen-bond donors (Lipinski definition) is 1. The molecule has 0 fully saturated rings. The summed E-state index contributed by atoms with van der Waals surface area (Å²) in [5, 5.41) is 5.73. The Labute approximate surface area is 104 Å². The van der Waals surface area contributed by atoms with Gasteiger partial charge in [0, 0.05) is 4.88 Å². The Hall–Kier alpha value is -0.340. The predicted molar refractivity (Wildman–Crippen MR) is 74.2 cm³/mol. The summed E-state index contributed by atoms with van der Waals surface area (Å²) in [5.41, 5.74) is 0. The molecule has 1 heterocycles. The lowest BCUT2D eigenvalue weighted by molar-refractivity contribution is 0.416. The molecule has 1 nitrogen and oxygen atoms in total. The van der Waals surface area contributed by atoms with Crippen LogP contribution >= 0.6 is 11.3 Å². The summed E-state index contributed by atoms with van der Waals surface area (Å²) in [6.07, 6.45) is 6.51. The van der Waals surface area contributed by atoms with Crippen LogP contribution in [0.25, 0.3) is 0 Å². The summed E-state index contributed by atoms with van der Waals surface area (Å²) in [4.78, 5) is 1.54. The average Bonchev–Trinajstić information content (AvgIpc) is 2.79. The molecule has 0 aliphatic carbocycles. The summed E-state index contributed by atoms with van der Waals surface area (Å²) >= 11 is 1.89. The van der Waals surface area contributed by atoms with E-state index in [1.165, 1.54) is 50.1 Å². The van der Waals surface area contributed by atoms with Gasteiger partial charge in [-0.1, -0.05) is 26.3 Å². The van der Waals surface area contributed by atoms with E-state index in [1.807, 2.05) is 11.3 Å². The van der Waals surface area contributed by atoms with E-state index in [0.29, 0.717) is 0 Å². The number of hydrogen-bond acceptors (Lipinski definition) is 2. The van der Waals surface area contributed by atoms with E-state index in [1.54, 1.807) is 0 Å². The van der Waals surface area contributed by atoms with Crippen molar-refractivity contribution in [3.05, 3.63) is 22.4 Å². The van der Waals surface area contributed by atoms with Crippen LogP contribution in [0.5, 0.6) is 0 Å².